The van der Waals surface area contributed by atoms with Gasteiger partial charge < -0.3 is 15.2 Å². The van der Waals surface area contributed by atoms with E-state index in [1.807, 2.05) is 0 Å². The molecule has 1 fully saturated rings. The van der Waals surface area contributed by atoms with Crippen LogP contribution in [0.15, 0.2) is 35.5 Å². The Balaban J connectivity index is 1.78. The molecule has 1 saturated heterocycles. The number of fused-ring (bicyclic) bond motifs is 4. The van der Waals surface area contributed by atoms with E-state index in [1.165, 1.54) is 42.4 Å². The van der Waals surface area contributed by atoms with E-state index in [4.69, 9.17) is 15.2 Å². The van der Waals surface area contributed by atoms with Crippen molar-refractivity contribution in [1.82, 2.24) is 9.88 Å². The molecule has 0 aliphatic carbocycles. The fraction of sp³-hybridized carbons (Fsp3) is 0.350. The lowest BCUT2D eigenvalue weighted by Crippen LogP contribution is -2.56. The Hall–Kier alpha value is -3.07. The van der Waals surface area contributed by atoms with Gasteiger partial charge in [-0.2, -0.15) is 4.39 Å². The van der Waals surface area contributed by atoms with Crippen LogP contribution >= 0.6 is 0 Å². The molecule has 1 aromatic carbocycles. The van der Waals surface area contributed by atoms with Gasteiger partial charge in [-0.25, -0.2) is 14.4 Å². The summed E-state index contributed by atoms with van der Waals surface area (Å²) in [7, 11) is 1.54. The van der Waals surface area contributed by atoms with E-state index in [-0.39, 0.29) is 41.5 Å². The van der Waals surface area contributed by atoms with Crippen molar-refractivity contribution in [2.45, 2.75) is 18.1 Å². The van der Waals surface area contributed by atoms with E-state index < -0.39 is 23.2 Å². The van der Waals surface area contributed by atoms with Crippen LogP contribution in [0.5, 0.6) is 5.75 Å². The van der Waals surface area contributed by atoms with Crippen molar-refractivity contribution in [3.05, 3.63) is 47.8 Å². The van der Waals surface area contributed by atoms with Crippen molar-refractivity contribution in [3.8, 4) is 16.9 Å². The van der Waals surface area contributed by atoms with Crippen LogP contribution < -0.4 is 10.5 Å². The number of rotatable bonds is 1. The summed E-state index contributed by atoms with van der Waals surface area (Å²) in [5, 5.41) is 0. The summed E-state index contributed by atoms with van der Waals surface area (Å²) in [6, 6.07) is 5.54. The van der Waals surface area contributed by atoms with Gasteiger partial charge in [-0.1, -0.05) is 0 Å². The number of likely N-dealkylation sites (N-methyl/N-ethyl adjacent to an activating group) is 1. The highest BCUT2D eigenvalue weighted by Crippen LogP contribution is 2.52. The zero-order chi connectivity index (χ0) is 20.3. The minimum atomic E-state index is -1.40. The Morgan fingerprint density at radius 3 is 2.86 bits per heavy atom. The number of aliphatic imine (C=N–C) groups is 1. The molecule has 0 saturated carbocycles. The number of hydrogen-bond donors (Lipinski definition) is 1. The monoisotopic (exact) mass is 400 g/mol. The molecule has 3 aliphatic rings. The lowest BCUT2D eigenvalue weighted by atomic mass is 9.71. The fourth-order valence-corrected chi connectivity index (χ4v) is 4.44. The SMILES string of the molecule is CN1C(=O)[C@]2(N=C1N)c1cc(-c3cccnc3F)c(F)cc1O[C@H]1CCOC[C@@H]12. The summed E-state index contributed by atoms with van der Waals surface area (Å²) in [6.07, 6.45) is 1.45. The van der Waals surface area contributed by atoms with Gasteiger partial charge in [0.2, 0.25) is 5.95 Å². The summed E-state index contributed by atoms with van der Waals surface area (Å²) < 4.78 is 40.9. The van der Waals surface area contributed by atoms with Crippen molar-refractivity contribution in [2.75, 3.05) is 20.3 Å². The summed E-state index contributed by atoms with van der Waals surface area (Å²) in [6.45, 7) is 0.714. The smallest absolute Gasteiger partial charge is 0.262 e. The molecule has 1 amide bonds. The van der Waals surface area contributed by atoms with Gasteiger partial charge in [0, 0.05) is 42.4 Å². The van der Waals surface area contributed by atoms with Gasteiger partial charge in [0.1, 0.15) is 17.7 Å². The van der Waals surface area contributed by atoms with Crippen molar-refractivity contribution in [2.24, 2.45) is 16.6 Å². The second-order valence-electron chi connectivity index (χ2n) is 7.40. The van der Waals surface area contributed by atoms with Gasteiger partial charge in [-0.3, -0.25) is 9.69 Å². The van der Waals surface area contributed by atoms with Crippen LogP contribution in [0.2, 0.25) is 0 Å². The highest BCUT2D eigenvalue weighted by atomic mass is 19.1. The van der Waals surface area contributed by atoms with Gasteiger partial charge in [0.25, 0.3) is 5.91 Å². The number of benzene rings is 1. The minimum absolute atomic E-state index is 0.0132. The standard InChI is InChI=1S/C20H18F2N4O3/c1-26-18(27)20(25-19(26)23)12-7-11(10-3-2-5-24-17(10)22)14(21)8-16(12)29-15-4-6-28-9-13(15)20/h2-3,5,7-8,13,15H,4,6,9H2,1H3,(H2,23,25)/t13-,15-,20-/m0/s1. The van der Waals surface area contributed by atoms with Crippen molar-refractivity contribution in [1.29, 1.82) is 0 Å². The van der Waals surface area contributed by atoms with Gasteiger partial charge in [0.15, 0.2) is 11.5 Å². The summed E-state index contributed by atoms with van der Waals surface area (Å²) in [5.74, 6) is -1.99. The molecule has 3 aliphatic heterocycles. The van der Waals surface area contributed by atoms with Crippen LogP contribution in [0.1, 0.15) is 12.0 Å². The van der Waals surface area contributed by atoms with Crippen LogP contribution in [0, 0.1) is 17.7 Å². The van der Waals surface area contributed by atoms with E-state index in [0.29, 0.717) is 18.6 Å². The van der Waals surface area contributed by atoms with E-state index in [9.17, 15) is 13.6 Å². The molecule has 4 heterocycles. The molecule has 5 rings (SSSR count). The normalized spacial score (nSPS) is 28.0. The number of hydrogen-bond acceptors (Lipinski definition) is 6. The van der Waals surface area contributed by atoms with Crippen molar-refractivity contribution in [3.63, 3.8) is 0 Å². The Morgan fingerprint density at radius 1 is 1.31 bits per heavy atom. The molecule has 3 atom stereocenters. The molecule has 1 spiro atoms. The summed E-state index contributed by atoms with van der Waals surface area (Å²) in [4.78, 5) is 22.8. The minimum Gasteiger partial charge on any atom is -0.489 e. The van der Waals surface area contributed by atoms with Crippen molar-refractivity contribution >= 4 is 11.9 Å². The number of nitrogens with zero attached hydrogens (tertiary/aromatic N) is 3. The maximum atomic E-state index is 14.9. The molecule has 1 aromatic heterocycles. The molecule has 0 bridgehead atoms. The maximum Gasteiger partial charge on any atom is 0.262 e. The van der Waals surface area contributed by atoms with Gasteiger partial charge in [-0.15, -0.1) is 0 Å². The quantitative estimate of drug-likeness (QED) is 0.738. The van der Waals surface area contributed by atoms with Crippen LogP contribution in [0.3, 0.4) is 0 Å². The molecule has 29 heavy (non-hydrogen) atoms. The predicted octanol–water partition coefficient (Wildman–Crippen LogP) is 1.81. The number of carbonyl (C=O) groups excluding carboxylic acids is 1. The molecule has 0 radical (unpaired) electrons. The van der Waals surface area contributed by atoms with Crippen LogP contribution in [-0.4, -0.2) is 48.1 Å². The second kappa shape index (κ2) is 6.21. The zero-order valence-electron chi connectivity index (χ0n) is 15.6. The Labute approximate surface area is 165 Å². The van der Waals surface area contributed by atoms with E-state index in [1.54, 1.807) is 0 Å². The first-order chi connectivity index (χ1) is 13.9. The third kappa shape index (κ3) is 2.40. The molecule has 2 aromatic rings. The Bertz CT molecular complexity index is 1060. The first-order valence-corrected chi connectivity index (χ1v) is 9.26. The lowest BCUT2D eigenvalue weighted by molar-refractivity contribution is -0.141. The second-order valence-corrected chi connectivity index (χ2v) is 7.40. The first kappa shape index (κ1) is 18.0. The number of aromatic nitrogens is 1. The molecule has 2 N–H and O–H groups in total. The summed E-state index contributed by atoms with van der Waals surface area (Å²) in [5.41, 5.74) is 4.89. The number of ether oxygens (including phenoxy) is 2. The van der Waals surface area contributed by atoms with Gasteiger partial charge in [0.05, 0.1) is 19.1 Å². The zero-order valence-corrected chi connectivity index (χ0v) is 15.6. The number of amides is 1. The Kier molecular flexibility index (Phi) is 3.86. The molecule has 7 nitrogen and oxygen atoms in total. The molecule has 0 unspecified atom stereocenters. The number of pyridine rings is 1. The van der Waals surface area contributed by atoms with Gasteiger partial charge >= 0.3 is 0 Å². The fourth-order valence-electron chi connectivity index (χ4n) is 4.44. The predicted molar refractivity (Wildman–Crippen MR) is 99.0 cm³/mol. The molecule has 9 heteroatoms. The largest absolute Gasteiger partial charge is 0.489 e. The highest BCUT2D eigenvalue weighted by Gasteiger charge is 2.60. The topological polar surface area (TPSA) is 90.0 Å². The highest BCUT2D eigenvalue weighted by molar-refractivity contribution is 6.07. The number of carbonyl (C=O) groups is 1. The van der Waals surface area contributed by atoms with Gasteiger partial charge in [-0.05, 0) is 18.2 Å². The average molecular weight is 400 g/mol. The van der Waals surface area contributed by atoms with Crippen molar-refractivity contribution < 1.29 is 23.0 Å². The Morgan fingerprint density at radius 2 is 2.14 bits per heavy atom. The molecule has 150 valence electrons. The van der Waals surface area contributed by atoms with Crippen LogP contribution in [-0.2, 0) is 15.1 Å². The van der Waals surface area contributed by atoms with Crippen LogP contribution in [0.4, 0.5) is 8.78 Å². The lowest BCUT2D eigenvalue weighted by Gasteiger charge is -2.45. The number of nitrogens with two attached hydrogens (primary N) is 1. The molecular formula is C20H18F2N4O3. The summed E-state index contributed by atoms with van der Waals surface area (Å²) >= 11 is 0. The van der Waals surface area contributed by atoms with E-state index in [0.717, 1.165) is 0 Å². The molecular weight excluding hydrogens is 382 g/mol. The average Bonchev–Trinajstić information content (AvgIpc) is 2.93. The van der Waals surface area contributed by atoms with Crippen LogP contribution in [0.25, 0.3) is 11.1 Å². The third-order valence-corrected chi connectivity index (χ3v) is 5.90. The third-order valence-electron chi connectivity index (χ3n) is 5.90. The van der Waals surface area contributed by atoms with E-state index >= 15 is 0 Å². The number of guanidine groups is 1. The maximum absolute atomic E-state index is 14.9. The number of halogens is 2. The van der Waals surface area contributed by atoms with E-state index in [2.05, 4.69) is 9.98 Å². The first-order valence-electron chi connectivity index (χ1n) is 9.26.